The summed E-state index contributed by atoms with van der Waals surface area (Å²) in [4.78, 5) is 25.3. The fourth-order valence-corrected chi connectivity index (χ4v) is 18.5. The molecule has 0 aliphatic carbocycles. The van der Waals surface area contributed by atoms with Crippen LogP contribution in [0.1, 0.15) is 0 Å². The van der Waals surface area contributed by atoms with Gasteiger partial charge in [0.15, 0.2) is 5.75 Å². The first-order valence-corrected chi connectivity index (χ1v) is 31.8. The van der Waals surface area contributed by atoms with E-state index in [-0.39, 0.29) is 0 Å². The summed E-state index contributed by atoms with van der Waals surface area (Å²) in [7, 11) is 0. The summed E-state index contributed by atoms with van der Waals surface area (Å²) in [6.45, 7) is 7.33. The van der Waals surface area contributed by atoms with E-state index in [1.54, 1.807) is 34.0 Å². The Bertz CT molecular complexity index is 5670. The van der Waals surface area contributed by atoms with Gasteiger partial charge in [0.25, 0.3) is 0 Å². The summed E-state index contributed by atoms with van der Waals surface area (Å²) in [5, 5.41) is 14.4. The van der Waals surface area contributed by atoms with Gasteiger partial charge in [0, 0.05) is 136 Å². The molecule has 0 N–H and O–H groups in total. The number of thiophene rings is 5. The Morgan fingerprint density at radius 1 is 0.318 bits per heavy atom. The molecule has 4 nitrogen and oxygen atoms in total. The summed E-state index contributed by atoms with van der Waals surface area (Å²) in [6, 6.07) is 81.5. The van der Waals surface area contributed by atoms with Crippen molar-refractivity contribution in [3.63, 3.8) is 0 Å². The van der Waals surface area contributed by atoms with E-state index in [9.17, 15) is 9.59 Å². The number of carbonyl (C=O) groups excluding carboxylic acids is 2. The van der Waals surface area contributed by atoms with Gasteiger partial charge < -0.3 is 9.47 Å². The van der Waals surface area contributed by atoms with E-state index in [0.29, 0.717) is 11.5 Å². The average molecular weight is 1180 g/mol. The molecule has 0 bridgehead atoms. The van der Waals surface area contributed by atoms with Crippen molar-refractivity contribution < 1.29 is 19.1 Å². The molecule has 5 heterocycles. The Balaban J connectivity index is 0.000000139. The highest BCUT2D eigenvalue weighted by molar-refractivity contribution is 7.28. The van der Waals surface area contributed by atoms with E-state index in [1.165, 1.54) is 104 Å². The zero-order chi connectivity index (χ0) is 56.9. The van der Waals surface area contributed by atoms with Crippen molar-refractivity contribution in [1.29, 1.82) is 0 Å². The quantitative estimate of drug-likeness (QED) is 0.0864. The van der Waals surface area contributed by atoms with Crippen LogP contribution >= 0.6 is 56.7 Å². The van der Waals surface area contributed by atoms with Gasteiger partial charge >= 0.3 is 11.9 Å². The lowest BCUT2D eigenvalue weighted by Crippen LogP contribution is -2.05. The largest absolute Gasteiger partial charge is 0.423 e. The van der Waals surface area contributed by atoms with Gasteiger partial charge in [-0.15, -0.1) is 56.7 Å². The van der Waals surface area contributed by atoms with Crippen molar-refractivity contribution in [2.75, 3.05) is 0 Å². The molecule has 9 heteroatoms. The molecule has 17 aromatic rings. The van der Waals surface area contributed by atoms with Crippen molar-refractivity contribution in [2.24, 2.45) is 0 Å². The molecule has 402 valence electrons. The monoisotopic (exact) mass is 1180 g/mol. The zero-order valence-electron chi connectivity index (χ0n) is 45.2. The SMILES string of the molecule is C=CC(=O)Oc1c(-c2cccc3c2sc2ccccc23)cc(-c2cccc3c2sc2ccccc23)c2c1sc1ccccc12.C=CC(=O)Oc1ccc2cc(-c3cccc4c3sc3ccccc34)ccc2c1-c1cccc2c1sc1ccccc12. The lowest BCUT2D eigenvalue weighted by Gasteiger charge is -2.16. The van der Waals surface area contributed by atoms with Crippen LogP contribution < -0.4 is 9.47 Å². The third-order valence-corrected chi connectivity index (χ3v) is 22.2. The first-order chi connectivity index (χ1) is 41.9. The van der Waals surface area contributed by atoms with Crippen molar-refractivity contribution >= 4 is 180 Å². The maximum atomic E-state index is 12.9. The number of esters is 2. The fraction of sp³-hybridized carbons (Fsp3) is 0. The third kappa shape index (κ3) is 8.41. The predicted octanol–water partition coefficient (Wildman–Crippen LogP) is 23.2. The standard InChI is InChI=1S/C39H22O2S3.C37H22O2S2/c1-2-34(40)41-36-30(27-17-10-15-25-23-12-4-7-19-32(23)43-38(25)27)21-29(35-28-13-5-8-20-33(28)44-39(35)36)26-16-9-14-24-22-11-3-6-18-31(22)42-37(24)26;1-2-34(38)39-31-20-18-22-21-23(25-11-7-12-28-26-9-3-5-15-32(26)40-36(25)28)17-19-24(22)35(31)30-14-8-13-29-27-10-4-6-16-33(27)41-37(29)30/h2-21H,1H2;2-21H,1H2. The fourth-order valence-electron chi connectivity index (χ4n) is 12.4. The topological polar surface area (TPSA) is 52.6 Å². The highest BCUT2D eigenvalue weighted by atomic mass is 32.1. The van der Waals surface area contributed by atoms with Crippen LogP contribution in [0.15, 0.2) is 256 Å². The summed E-state index contributed by atoms with van der Waals surface area (Å²) in [5.41, 5.74) is 8.65. The van der Waals surface area contributed by atoms with Gasteiger partial charge in [-0.05, 0) is 76.0 Å². The molecule has 0 saturated heterocycles. The van der Waals surface area contributed by atoms with E-state index in [1.807, 2.05) is 34.8 Å². The van der Waals surface area contributed by atoms with Crippen LogP contribution in [0, 0.1) is 0 Å². The van der Waals surface area contributed by atoms with Crippen LogP contribution in [-0.2, 0) is 9.59 Å². The van der Waals surface area contributed by atoms with E-state index in [4.69, 9.17) is 9.47 Å². The van der Waals surface area contributed by atoms with Crippen LogP contribution in [0.3, 0.4) is 0 Å². The Hall–Kier alpha value is -9.58. The predicted molar refractivity (Wildman–Crippen MR) is 368 cm³/mol. The number of fused-ring (bicyclic) bond motifs is 16. The number of ether oxygens (including phenoxy) is 2. The number of rotatable bonds is 8. The summed E-state index contributed by atoms with van der Waals surface area (Å²) in [5.74, 6) is 0.185. The van der Waals surface area contributed by atoms with E-state index in [2.05, 4.69) is 232 Å². The van der Waals surface area contributed by atoms with Crippen molar-refractivity contribution in [1.82, 2.24) is 0 Å². The Morgan fingerprint density at radius 3 is 1.24 bits per heavy atom. The number of benzene rings is 12. The number of hydrogen-bond acceptors (Lipinski definition) is 9. The molecule has 0 radical (unpaired) electrons. The van der Waals surface area contributed by atoms with Crippen LogP contribution in [0.2, 0.25) is 0 Å². The first kappa shape index (κ1) is 51.1. The summed E-state index contributed by atoms with van der Waals surface area (Å²) < 4.78 is 24.1. The molecule has 0 aliphatic rings. The molecular weight excluding hydrogens is 1140 g/mol. The third-order valence-electron chi connectivity index (χ3n) is 16.1. The Morgan fingerprint density at radius 2 is 0.718 bits per heavy atom. The normalized spacial score (nSPS) is 11.7. The van der Waals surface area contributed by atoms with Crippen molar-refractivity contribution in [3.05, 3.63) is 256 Å². The second-order valence-electron chi connectivity index (χ2n) is 20.9. The molecule has 85 heavy (non-hydrogen) atoms. The zero-order valence-corrected chi connectivity index (χ0v) is 49.3. The molecule has 0 unspecified atom stereocenters. The summed E-state index contributed by atoms with van der Waals surface area (Å²) >= 11 is 8.89. The van der Waals surface area contributed by atoms with E-state index >= 15 is 0 Å². The van der Waals surface area contributed by atoms with Gasteiger partial charge in [-0.2, -0.15) is 0 Å². The minimum absolute atomic E-state index is 0.465. The molecule has 5 aromatic heterocycles. The highest BCUT2D eigenvalue weighted by Gasteiger charge is 2.26. The Labute approximate surface area is 507 Å². The Kier molecular flexibility index (Phi) is 12.4. The molecule has 0 aliphatic heterocycles. The van der Waals surface area contributed by atoms with Crippen LogP contribution in [0.25, 0.3) is 156 Å². The molecule has 0 amide bonds. The molecule has 0 saturated carbocycles. The van der Waals surface area contributed by atoms with Crippen molar-refractivity contribution in [3.8, 4) is 56.0 Å². The maximum absolute atomic E-state index is 12.9. The minimum atomic E-state index is -0.470. The van der Waals surface area contributed by atoms with Gasteiger partial charge in [0.1, 0.15) is 5.75 Å². The molecule has 0 fully saturated rings. The van der Waals surface area contributed by atoms with Gasteiger partial charge in [0.2, 0.25) is 0 Å². The minimum Gasteiger partial charge on any atom is -0.423 e. The van der Waals surface area contributed by atoms with Gasteiger partial charge in [0.05, 0.1) is 4.70 Å². The van der Waals surface area contributed by atoms with Crippen LogP contribution in [0.5, 0.6) is 11.5 Å². The molecule has 0 spiro atoms. The van der Waals surface area contributed by atoms with Gasteiger partial charge in [-0.1, -0.05) is 195 Å². The maximum Gasteiger partial charge on any atom is 0.335 e. The number of carbonyl (C=O) groups is 2. The molecule has 0 atom stereocenters. The van der Waals surface area contributed by atoms with Crippen LogP contribution in [-0.4, -0.2) is 11.9 Å². The second kappa shape index (κ2) is 20.6. The lowest BCUT2D eigenvalue weighted by atomic mass is 9.92. The molecule has 17 rings (SSSR count). The van der Waals surface area contributed by atoms with E-state index < -0.39 is 11.9 Å². The number of hydrogen-bond donors (Lipinski definition) is 0. The average Bonchev–Trinajstić information content (AvgIpc) is 3.99. The van der Waals surface area contributed by atoms with E-state index in [0.717, 1.165) is 64.3 Å². The van der Waals surface area contributed by atoms with Gasteiger partial charge in [-0.25, -0.2) is 9.59 Å². The lowest BCUT2D eigenvalue weighted by molar-refractivity contribution is -0.129. The van der Waals surface area contributed by atoms with Crippen LogP contribution in [0.4, 0.5) is 0 Å². The highest BCUT2D eigenvalue weighted by Crippen LogP contribution is 2.54. The molecule has 12 aromatic carbocycles. The smallest absolute Gasteiger partial charge is 0.335 e. The van der Waals surface area contributed by atoms with Gasteiger partial charge in [-0.3, -0.25) is 0 Å². The second-order valence-corrected chi connectivity index (χ2v) is 26.1. The van der Waals surface area contributed by atoms with Crippen molar-refractivity contribution in [2.45, 2.75) is 0 Å². The molecular formula is C76H44O4S5. The first-order valence-electron chi connectivity index (χ1n) is 27.7. The summed E-state index contributed by atoms with van der Waals surface area (Å²) in [6.07, 6.45) is 2.46.